The van der Waals surface area contributed by atoms with E-state index in [1.807, 2.05) is 30.3 Å². The van der Waals surface area contributed by atoms with Crippen LogP contribution in [0.5, 0.6) is 28.7 Å². The lowest BCUT2D eigenvalue weighted by Gasteiger charge is -2.40. The number of aliphatic imine (C=N–C) groups is 1. The van der Waals surface area contributed by atoms with Gasteiger partial charge in [0.2, 0.25) is 5.75 Å². The van der Waals surface area contributed by atoms with Crippen molar-refractivity contribution in [3.05, 3.63) is 83.1 Å². The van der Waals surface area contributed by atoms with E-state index < -0.39 is 0 Å². The van der Waals surface area contributed by atoms with E-state index in [1.54, 1.807) is 28.4 Å². The molecule has 0 spiro atoms. The molecule has 0 unspecified atom stereocenters. The number of benzene rings is 3. The Morgan fingerprint density at radius 3 is 2.14 bits per heavy atom. The number of hydrogen-bond acceptors (Lipinski definition) is 6. The number of ether oxygens (including phenoxy) is 5. The molecule has 37 heavy (non-hydrogen) atoms. The standard InChI is InChI=1S/C31H33NO5/c1-31(2)17-23(32-20-14-25(34-4)30(36-6)26(15-20)35-5)29-27(18-31)37-24-13-12-21(33-3)16-22(24)28(29)19-10-8-7-9-11-19/h7-16,28H,17-18H2,1-6H3/t28-/m0/s1. The largest absolute Gasteiger partial charge is 0.497 e. The van der Waals surface area contributed by atoms with Gasteiger partial charge in [-0.1, -0.05) is 44.2 Å². The summed E-state index contributed by atoms with van der Waals surface area (Å²) in [5.74, 6) is 4.27. The van der Waals surface area contributed by atoms with Crippen LogP contribution in [0.15, 0.2) is 77.0 Å². The Hall–Kier alpha value is -3.93. The molecule has 0 radical (unpaired) electrons. The van der Waals surface area contributed by atoms with Gasteiger partial charge in [-0.15, -0.1) is 0 Å². The third kappa shape index (κ3) is 4.64. The molecule has 0 bridgehead atoms. The number of allylic oxidation sites excluding steroid dienone is 2. The lowest BCUT2D eigenvalue weighted by atomic mass is 9.69. The van der Waals surface area contributed by atoms with Crippen LogP contribution in [0, 0.1) is 5.41 Å². The second kappa shape index (κ2) is 9.85. The molecule has 1 aliphatic carbocycles. The van der Waals surface area contributed by atoms with E-state index in [2.05, 4.69) is 44.2 Å². The zero-order valence-corrected chi connectivity index (χ0v) is 22.3. The average Bonchev–Trinajstić information content (AvgIpc) is 2.90. The molecule has 6 nitrogen and oxygen atoms in total. The molecule has 3 aromatic carbocycles. The van der Waals surface area contributed by atoms with Gasteiger partial charge in [0.1, 0.15) is 17.3 Å². The van der Waals surface area contributed by atoms with Crippen LogP contribution < -0.4 is 23.7 Å². The van der Waals surface area contributed by atoms with E-state index in [1.165, 1.54) is 5.56 Å². The predicted octanol–water partition coefficient (Wildman–Crippen LogP) is 7.09. The van der Waals surface area contributed by atoms with E-state index in [4.69, 9.17) is 28.7 Å². The summed E-state index contributed by atoms with van der Waals surface area (Å²) in [5, 5.41) is 0. The van der Waals surface area contributed by atoms with Crippen LogP contribution in [0.2, 0.25) is 0 Å². The Bertz CT molecular complexity index is 1350. The highest BCUT2D eigenvalue weighted by Gasteiger charge is 2.41. The smallest absolute Gasteiger partial charge is 0.203 e. The predicted molar refractivity (Wildman–Crippen MR) is 145 cm³/mol. The molecule has 192 valence electrons. The van der Waals surface area contributed by atoms with E-state index in [-0.39, 0.29) is 11.3 Å². The highest BCUT2D eigenvalue weighted by Crippen LogP contribution is 2.52. The van der Waals surface area contributed by atoms with Crippen molar-refractivity contribution in [2.45, 2.75) is 32.6 Å². The fraction of sp³-hybridized carbons (Fsp3) is 0.323. The summed E-state index contributed by atoms with van der Waals surface area (Å²) in [4.78, 5) is 5.21. The molecule has 1 aliphatic heterocycles. The van der Waals surface area contributed by atoms with E-state index >= 15 is 0 Å². The number of methoxy groups -OCH3 is 4. The van der Waals surface area contributed by atoms with E-state index in [0.29, 0.717) is 17.2 Å². The maximum atomic E-state index is 6.59. The van der Waals surface area contributed by atoms with Gasteiger partial charge in [0.25, 0.3) is 0 Å². The first-order valence-electron chi connectivity index (χ1n) is 12.4. The van der Waals surface area contributed by atoms with Crippen LogP contribution in [-0.2, 0) is 0 Å². The van der Waals surface area contributed by atoms with Gasteiger partial charge >= 0.3 is 0 Å². The van der Waals surface area contributed by atoms with Gasteiger partial charge in [-0.25, -0.2) is 0 Å². The molecule has 0 amide bonds. The van der Waals surface area contributed by atoms with Crippen molar-refractivity contribution in [1.29, 1.82) is 0 Å². The lowest BCUT2D eigenvalue weighted by molar-refractivity contribution is 0.278. The van der Waals surface area contributed by atoms with Gasteiger partial charge in [-0.3, -0.25) is 4.99 Å². The quantitative estimate of drug-likeness (QED) is 0.362. The van der Waals surface area contributed by atoms with Crippen LogP contribution in [-0.4, -0.2) is 34.2 Å². The topological polar surface area (TPSA) is 58.5 Å². The first kappa shape index (κ1) is 24.8. The summed E-state index contributed by atoms with van der Waals surface area (Å²) in [6.45, 7) is 4.51. The van der Waals surface area contributed by atoms with Crippen molar-refractivity contribution >= 4 is 11.4 Å². The monoisotopic (exact) mass is 499 g/mol. The van der Waals surface area contributed by atoms with Gasteiger partial charge in [0, 0.05) is 41.3 Å². The molecule has 1 atom stereocenters. The molecule has 5 rings (SSSR count). The molecule has 0 aromatic heterocycles. The van der Waals surface area contributed by atoms with Crippen LogP contribution in [0.1, 0.15) is 43.7 Å². The summed E-state index contributed by atoms with van der Waals surface area (Å²) in [6, 6.07) is 20.3. The van der Waals surface area contributed by atoms with Crippen molar-refractivity contribution in [2.75, 3.05) is 28.4 Å². The first-order chi connectivity index (χ1) is 17.9. The third-order valence-electron chi connectivity index (χ3n) is 6.99. The van der Waals surface area contributed by atoms with Crippen molar-refractivity contribution < 1.29 is 23.7 Å². The molecule has 1 heterocycles. The summed E-state index contributed by atoms with van der Waals surface area (Å²) in [6.07, 6.45) is 1.62. The summed E-state index contributed by atoms with van der Waals surface area (Å²) in [5.41, 5.74) is 5.07. The Kier molecular flexibility index (Phi) is 6.59. The molecule has 0 saturated carbocycles. The number of hydrogen-bond donors (Lipinski definition) is 0. The zero-order valence-electron chi connectivity index (χ0n) is 22.3. The Labute approximate surface area is 218 Å². The molecule has 3 aromatic rings. The van der Waals surface area contributed by atoms with Crippen molar-refractivity contribution in [2.24, 2.45) is 10.4 Å². The molecule has 6 heteroatoms. The van der Waals surface area contributed by atoms with Gasteiger partial charge in [0.05, 0.1) is 34.1 Å². The Morgan fingerprint density at radius 2 is 1.51 bits per heavy atom. The first-order valence-corrected chi connectivity index (χ1v) is 12.4. The number of rotatable bonds is 6. The summed E-state index contributed by atoms with van der Waals surface area (Å²) >= 11 is 0. The molecule has 0 fully saturated rings. The minimum absolute atomic E-state index is 0.0243. The van der Waals surface area contributed by atoms with Gasteiger partial charge < -0.3 is 23.7 Å². The second-order valence-corrected chi connectivity index (χ2v) is 10.1. The van der Waals surface area contributed by atoms with E-state index in [0.717, 1.165) is 52.6 Å². The Balaban J connectivity index is 1.73. The van der Waals surface area contributed by atoms with Crippen LogP contribution >= 0.6 is 0 Å². The van der Waals surface area contributed by atoms with Crippen molar-refractivity contribution in [3.8, 4) is 28.7 Å². The van der Waals surface area contributed by atoms with Gasteiger partial charge in [-0.05, 0) is 35.6 Å². The highest BCUT2D eigenvalue weighted by atomic mass is 16.5. The maximum Gasteiger partial charge on any atom is 0.203 e. The van der Waals surface area contributed by atoms with Crippen molar-refractivity contribution in [3.63, 3.8) is 0 Å². The Morgan fingerprint density at radius 1 is 0.811 bits per heavy atom. The normalized spacial score (nSPS) is 19.0. The molecule has 0 N–H and O–H groups in total. The molecule has 2 aliphatic rings. The maximum absolute atomic E-state index is 6.59. The van der Waals surface area contributed by atoms with Crippen LogP contribution in [0.25, 0.3) is 0 Å². The fourth-order valence-electron chi connectivity index (χ4n) is 5.36. The summed E-state index contributed by atoms with van der Waals surface area (Å²) < 4.78 is 28.9. The number of nitrogens with zero attached hydrogens (tertiary/aromatic N) is 1. The zero-order chi connectivity index (χ0) is 26.2. The third-order valence-corrected chi connectivity index (χ3v) is 6.99. The number of fused-ring (bicyclic) bond motifs is 1. The van der Waals surface area contributed by atoms with Crippen molar-refractivity contribution in [1.82, 2.24) is 0 Å². The summed E-state index contributed by atoms with van der Waals surface area (Å²) in [7, 11) is 6.52. The SMILES string of the molecule is COc1ccc2c(c1)[C@H](c1ccccc1)C1=C(CC(C)(C)CC1=Nc1cc(OC)c(OC)c(OC)c1)O2. The molecular formula is C31H33NO5. The van der Waals surface area contributed by atoms with Crippen LogP contribution in [0.3, 0.4) is 0 Å². The molecular weight excluding hydrogens is 466 g/mol. The second-order valence-electron chi connectivity index (χ2n) is 10.1. The lowest BCUT2D eigenvalue weighted by Crippen LogP contribution is -2.33. The van der Waals surface area contributed by atoms with Gasteiger partial charge in [0.15, 0.2) is 11.5 Å². The van der Waals surface area contributed by atoms with Crippen LogP contribution in [0.4, 0.5) is 5.69 Å². The van der Waals surface area contributed by atoms with Gasteiger partial charge in [-0.2, -0.15) is 0 Å². The highest BCUT2D eigenvalue weighted by molar-refractivity contribution is 6.05. The average molecular weight is 500 g/mol. The minimum Gasteiger partial charge on any atom is -0.497 e. The molecule has 0 saturated heterocycles. The minimum atomic E-state index is -0.0352. The van der Waals surface area contributed by atoms with E-state index in [9.17, 15) is 0 Å². The fourth-order valence-corrected chi connectivity index (χ4v) is 5.36.